The van der Waals surface area contributed by atoms with Crippen LogP contribution in [0.5, 0.6) is 5.75 Å². The van der Waals surface area contributed by atoms with E-state index in [9.17, 15) is 9.90 Å². The van der Waals surface area contributed by atoms with Gasteiger partial charge in [-0.1, -0.05) is 6.07 Å². The van der Waals surface area contributed by atoms with Crippen molar-refractivity contribution >= 4 is 5.91 Å². The molecule has 0 aliphatic carbocycles. The predicted octanol–water partition coefficient (Wildman–Crippen LogP) is 1.59. The minimum absolute atomic E-state index is 0.0666. The third kappa shape index (κ3) is 6.60. The number of aliphatic hydroxyl groups is 1. The van der Waals surface area contributed by atoms with Gasteiger partial charge in [0.2, 0.25) is 0 Å². The Morgan fingerprint density at radius 3 is 2.67 bits per heavy atom. The maximum atomic E-state index is 11.7. The molecular weight excluding hydrogens is 270 g/mol. The smallest absolute Gasteiger partial charge is 0.258 e. The van der Waals surface area contributed by atoms with Crippen LogP contribution in [-0.2, 0) is 9.53 Å². The van der Waals surface area contributed by atoms with E-state index in [0.717, 1.165) is 5.56 Å². The Balaban J connectivity index is 2.35. The first-order valence-electron chi connectivity index (χ1n) is 7.02. The van der Waals surface area contributed by atoms with Crippen molar-refractivity contribution in [1.82, 2.24) is 5.32 Å². The highest BCUT2D eigenvalue weighted by atomic mass is 16.5. The second-order valence-corrected chi connectivity index (χ2v) is 5.55. The first-order valence-corrected chi connectivity index (χ1v) is 7.02. The quantitative estimate of drug-likeness (QED) is 0.764. The summed E-state index contributed by atoms with van der Waals surface area (Å²) in [6, 6.07) is 5.69. The lowest BCUT2D eigenvalue weighted by Crippen LogP contribution is -2.42. The summed E-state index contributed by atoms with van der Waals surface area (Å²) in [4.78, 5) is 11.7. The monoisotopic (exact) mass is 295 g/mol. The van der Waals surface area contributed by atoms with Crippen molar-refractivity contribution in [3.05, 3.63) is 29.3 Å². The van der Waals surface area contributed by atoms with Crippen LogP contribution in [0.3, 0.4) is 0 Å². The van der Waals surface area contributed by atoms with Gasteiger partial charge in [0.05, 0.1) is 5.60 Å². The molecule has 1 rings (SSSR count). The molecule has 0 heterocycles. The number of carbonyl (C=O) groups excluding carboxylic acids is 1. The molecule has 0 bridgehead atoms. The molecule has 0 aliphatic heterocycles. The van der Waals surface area contributed by atoms with Gasteiger partial charge in [-0.2, -0.15) is 0 Å². The molecule has 21 heavy (non-hydrogen) atoms. The lowest BCUT2D eigenvalue weighted by atomic mass is 10.0. The number of ether oxygens (including phenoxy) is 2. The van der Waals surface area contributed by atoms with E-state index in [4.69, 9.17) is 9.47 Å². The molecule has 0 fully saturated rings. The topological polar surface area (TPSA) is 67.8 Å². The molecule has 1 atom stereocenters. The summed E-state index contributed by atoms with van der Waals surface area (Å²) >= 11 is 0. The Kier molecular flexibility index (Phi) is 6.65. The minimum Gasteiger partial charge on any atom is -0.484 e. The lowest BCUT2D eigenvalue weighted by Gasteiger charge is -2.23. The van der Waals surface area contributed by atoms with Crippen molar-refractivity contribution in [2.24, 2.45) is 0 Å². The number of methoxy groups -OCH3 is 1. The highest BCUT2D eigenvalue weighted by molar-refractivity contribution is 5.77. The number of hydrogen-bond donors (Lipinski definition) is 2. The first kappa shape index (κ1) is 17.5. The van der Waals surface area contributed by atoms with Gasteiger partial charge in [-0.25, -0.2) is 0 Å². The van der Waals surface area contributed by atoms with E-state index in [0.29, 0.717) is 18.8 Å². The summed E-state index contributed by atoms with van der Waals surface area (Å²) in [5.74, 6) is 0.408. The average Bonchev–Trinajstić information content (AvgIpc) is 2.44. The van der Waals surface area contributed by atoms with Crippen LogP contribution in [0.15, 0.2) is 18.2 Å². The normalized spacial score (nSPS) is 13.6. The molecule has 0 radical (unpaired) electrons. The lowest BCUT2D eigenvalue weighted by molar-refractivity contribution is -0.124. The maximum absolute atomic E-state index is 11.7. The first-order chi connectivity index (χ1) is 9.84. The van der Waals surface area contributed by atoms with Gasteiger partial charge in [-0.3, -0.25) is 4.79 Å². The largest absolute Gasteiger partial charge is 0.484 e. The summed E-state index contributed by atoms with van der Waals surface area (Å²) in [7, 11) is 1.58. The highest BCUT2D eigenvalue weighted by Crippen LogP contribution is 2.16. The van der Waals surface area contributed by atoms with E-state index in [1.165, 1.54) is 5.56 Å². The zero-order valence-electron chi connectivity index (χ0n) is 13.2. The summed E-state index contributed by atoms with van der Waals surface area (Å²) in [5, 5.41) is 12.7. The molecule has 2 N–H and O–H groups in total. The number of nitrogens with one attached hydrogen (secondary N) is 1. The Hall–Kier alpha value is -1.59. The van der Waals surface area contributed by atoms with Gasteiger partial charge in [0.25, 0.3) is 5.91 Å². The standard InChI is InChI=1S/C16H25NO4/c1-12-5-6-14(9-13(12)2)21-10-15(18)17-11-16(3,19)7-8-20-4/h5-6,9,19H,7-8,10-11H2,1-4H3,(H,17,18). The number of hydrogen-bond acceptors (Lipinski definition) is 4. The van der Waals surface area contributed by atoms with Crippen LogP contribution in [0, 0.1) is 13.8 Å². The van der Waals surface area contributed by atoms with Gasteiger partial charge in [0.1, 0.15) is 5.75 Å². The molecule has 1 aromatic carbocycles. The van der Waals surface area contributed by atoms with Crippen molar-refractivity contribution in [1.29, 1.82) is 0 Å². The van der Waals surface area contributed by atoms with Gasteiger partial charge in [0, 0.05) is 26.7 Å². The number of carbonyl (C=O) groups is 1. The van der Waals surface area contributed by atoms with Crippen LogP contribution >= 0.6 is 0 Å². The Bertz CT molecular complexity index is 471. The fraction of sp³-hybridized carbons (Fsp3) is 0.562. The summed E-state index contributed by atoms with van der Waals surface area (Å²) in [5.41, 5.74) is 1.32. The third-order valence-corrected chi connectivity index (χ3v) is 3.36. The summed E-state index contributed by atoms with van der Waals surface area (Å²) in [6.45, 7) is 6.23. The molecule has 1 amide bonds. The van der Waals surface area contributed by atoms with Crippen LogP contribution in [0.25, 0.3) is 0 Å². The van der Waals surface area contributed by atoms with E-state index in [-0.39, 0.29) is 19.1 Å². The highest BCUT2D eigenvalue weighted by Gasteiger charge is 2.20. The second-order valence-electron chi connectivity index (χ2n) is 5.55. The third-order valence-electron chi connectivity index (χ3n) is 3.36. The molecule has 0 aromatic heterocycles. The molecular formula is C16H25NO4. The van der Waals surface area contributed by atoms with Gasteiger partial charge >= 0.3 is 0 Å². The number of benzene rings is 1. The van der Waals surface area contributed by atoms with Crippen LogP contribution in [0.4, 0.5) is 0 Å². The Morgan fingerprint density at radius 1 is 1.33 bits per heavy atom. The molecule has 0 spiro atoms. The van der Waals surface area contributed by atoms with Gasteiger partial charge in [-0.05, 0) is 44.0 Å². The molecule has 0 aliphatic rings. The predicted molar refractivity (Wildman–Crippen MR) is 81.5 cm³/mol. The Morgan fingerprint density at radius 2 is 2.05 bits per heavy atom. The zero-order valence-corrected chi connectivity index (χ0v) is 13.2. The zero-order chi connectivity index (χ0) is 15.9. The Labute approximate surface area is 126 Å². The number of rotatable bonds is 8. The number of amides is 1. The van der Waals surface area contributed by atoms with Gasteiger partial charge in [-0.15, -0.1) is 0 Å². The van der Waals surface area contributed by atoms with Crippen molar-refractivity contribution in [2.75, 3.05) is 26.9 Å². The van der Waals surface area contributed by atoms with Crippen LogP contribution in [-0.4, -0.2) is 43.5 Å². The van der Waals surface area contributed by atoms with Crippen LogP contribution in [0.1, 0.15) is 24.5 Å². The van der Waals surface area contributed by atoms with Crippen molar-refractivity contribution < 1.29 is 19.4 Å². The van der Waals surface area contributed by atoms with E-state index in [1.54, 1.807) is 14.0 Å². The van der Waals surface area contributed by atoms with E-state index < -0.39 is 5.60 Å². The maximum Gasteiger partial charge on any atom is 0.258 e. The molecule has 118 valence electrons. The van der Waals surface area contributed by atoms with E-state index >= 15 is 0 Å². The fourth-order valence-corrected chi connectivity index (χ4v) is 1.70. The number of aryl methyl sites for hydroxylation is 2. The summed E-state index contributed by atoms with van der Waals surface area (Å²) in [6.07, 6.45) is 0.460. The fourth-order valence-electron chi connectivity index (χ4n) is 1.70. The van der Waals surface area contributed by atoms with Gasteiger partial charge < -0.3 is 19.9 Å². The average molecular weight is 295 g/mol. The molecule has 1 unspecified atom stereocenters. The van der Waals surface area contributed by atoms with Crippen LogP contribution in [0.2, 0.25) is 0 Å². The minimum atomic E-state index is -0.980. The summed E-state index contributed by atoms with van der Waals surface area (Å²) < 4.78 is 10.3. The molecule has 1 aromatic rings. The molecule has 0 saturated carbocycles. The van der Waals surface area contributed by atoms with Crippen molar-refractivity contribution in [2.45, 2.75) is 32.8 Å². The van der Waals surface area contributed by atoms with Crippen molar-refractivity contribution in [3.8, 4) is 5.75 Å². The molecule has 5 heteroatoms. The van der Waals surface area contributed by atoms with Crippen molar-refractivity contribution in [3.63, 3.8) is 0 Å². The molecule has 0 saturated heterocycles. The SMILES string of the molecule is COCCC(C)(O)CNC(=O)COc1ccc(C)c(C)c1. The second kappa shape index (κ2) is 8.00. The van der Waals surface area contributed by atoms with E-state index in [1.807, 2.05) is 32.0 Å². The van der Waals surface area contributed by atoms with Crippen LogP contribution < -0.4 is 10.1 Å². The molecule has 5 nitrogen and oxygen atoms in total. The van der Waals surface area contributed by atoms with E-state index in [2.05, 4.69) is 5.32 Å². The van der Waals surface area contributed by atoms with Gasteiger partial charge in [0.15, 0.2) is 6.61 Å².